The SMILES string of the molecule is CC.CCC(=O)N1CCN(CC2CCN(CC)CC2)C(C)C1. The molecule has 2 aliphatic heterocycles. The van der Waals surface area contributed by atoms with Crippen molar-refractivity contribution in [2.45, 2.75) is 59.9 Å². The number of hydrogen-bond donors (Lipinski definition) is 0. The van der Waals surface area contributed by atoms with E-state index in [4.69, 9.17) is 0 Å². The third-order valence-corrected chi connectivity index (χ3v) is 5.07. The number of rotatable bonds is 4. The van der Waals surface area contributed by atoms with Crippen molar-refractivity contribution in [3.8, 4) is 0 Å². The van der Waals surface area contributed by atoms with E-state index >= 15 is 0 Å². The fourth-order valence-corrected chi connectivity index (χ4v) is 3.53. The molecule has 2 aliphatic rings. The van der Waals surface area contributed by atoms with E-state index in [1.165, 1.54) is 39.0 Å². The predicted molar refractivity (Wildman–Crippen MR) is 94.1 cm³/mol. The molecule has 0 radical (unpaired) electrons. The number of likely N-dealkylation sites (tertiary alicyclic amines) is 1. The molecule has 0 spiro atoms. The molecule has 0 bridgehead atoms. The van der Waals surface area contributed by atoms with Crippen LogP contribution >= 0.6 is 0 Å². The molecule has 1 amide bonds. The van der Waals surface area contributed by atoms with Gasteiger partial charge in [0, 0.05) is 38.6 Å². The average Bonchev–Trinajstić information content (AvgIpc) is 2.58. The lowest BCUT2D eigenvalue weighted by molar-refractivity contribution is -0.133. The number of piperazine rings is 1. The Morgan fingerprint density at radius 3 is 2.18 bits per heavy atom. The highest BCUT2D eigenvalue weighted by atomic mass is 16.2. The molecule has 1 atom stereocenters. The molecule has 2 heterocycles. The van der Waals surface area contributed by atoms with Crippen molar-refractivity contribution in [2.24, 2.45) is 5.92 Å². The molecule has 2 rings (SSSR count). The number of carbonyl (C=O) groups excluding carboxylic acids is 1. The van der Waals surface area contributed by atoms with Gasteiger partial charge in [-0.3, -0.25) is 9.69 Å². The van der Waals surface area contributed by atoms with Gasteiger partial charge in [0.05, 0.1) is 0 Å². The van der Waals surface area contributed by atoms with Crippen molar-refractivity contribution in [2.75, 3.05) is 45.8 Å². The second-order valence-electron chi connectivity index (χ2n) is 6.41. The van der Waals surface area contributed by atoms with Crippen molar-refractivity contribution in [3.05, 3.63) is 0 Å². The summed E-state index contributed by atoms with van der Waals surface area (Å²) >= 11 is 0. The normalized spacial score (nSPS) is 24.8. The van der Waals surface area contributed by atoms with Gasteiger partial charge in [-0.15, -0.1) is 0 Å². The van der Waals surface area contributed by atoms with Crippen molar-refractivity contribution >= 4 is 5.91 Å². The Bertz CT molecular complexity index is 313. The lowest BCUT2D eigenvalue weighted by Crippen LogP contribution is -2.55. The van der Waals surface area contributed by atoms with Crippen LogP contribution in [0.2, 0.25) is 0 Å². The lowest BCUT2D eigenvalue weighted by Gasteiger charge is -2.42. The van der Waals surface area contributed by atoms with Crippen LogP contribution in [0.4, 0.5) is 0 Å². The molecule has 0 aliphatic carbocycles. The Hall–Kier alpha value is -0.610. The number of nitrogens with zero attached hydrogens (tertiary/aromatic N) is 3. The van der Waals surface area contributed by atoms with Crippen LogP contribution in [0.5, 0.6) is 0 Å². The Labute approximate surface area is 137 Å². The average molecular weight is 312 g/mol. The smallest absolute Gasteiger partial charge is 0.222 e. The van der Waals surface area contributed by atoms with Crippen LogP contribution in [0.1, 0.15) is 53.9 Å². The van der Waals surface area contributed by atoms with Crippen molar-refractivity contribution in [1.29, 1.82) is 0 Å². The fraction of sp³-hybridized carbons (Fsp3) is 0.944. The Kier molecular flexibility index (Phi) is 9.03. The van der Waals surface area contributed by atoms with Crippen LogP contribution in [-0.2, 0) is 4.79 Å². The molecule has 130 valence electrons. The van der Waals surface area contributed by atoms with Gasteiger partial charge in [0.15, 0.2) is 0 Å². The van der Waals surface area contributed by atoms with E-state index in [0.717, 1.165) is 25.6 Å². The summed E-state index contributed by atoms with van der Waals surface area (Å²) in [7, 11) is 0. The minimum atomic E-state index is 0.313. The van der Waals surface area contributed by atoms with Gasteiger partial charge in [-0.25, -0.2) is 0 Å². The number of carbonyl (C=O) groups is 1. The van der Waals surface area contributed by atoms with Crippen molar-refractivity contribution < 1.29 is 4.79 Å². The number of amides is 1. The lowest BCUT2D eigenvalue weighted by atomic mass is 9.95. The highest BCUT2D eigenvalue weighted by Gasteiger charge is 2.28. The van der Waals surface area contributed by atoms with Crippen LogP contribution in [-0.4, -0.2) is 72.5 Å². The quantitative estimate of drug-likeness (QED) is 0.799. The van der Waals surface area contributed by atoms with E-state index < -0.39 is 0 Å². The second kappa shape index (κ2) is 10.2. The second-order valence-corrected chi connectivity index (χ2v) is 6.41. The zero-order valence-corrected chi connectivity index (χ0v) is 15.5. The molecule has 0 aromatic carbocycles. The summed E-state index contributed by atoms with van der Waals surface area (Å²) in [5.41, 5.74) is 0. The van der Waals surface area contributed by atoms with E-state index in [9.17, 15) is 4.79 Å². The van der Waals surface area contributed by atoms with Gasteiger partial charge in [-0.2, -0.15) is 0 Å². The van der Waals surface area contributed by atoms with Gasteiger partial charge < -0.3 is 9.80 Å². The Morgan fingerprint density at radius 1 is 1.05 bits per heavy atom. The molecule has 0 aromatic heterocycles. The Morgan fingerprint density at radius 2 is 1.68 bits per heavy atom. The monoisotopic (exact) mass is 311 g/mol. The minimum Gasteiger partial charge on any atom is -0.340 e. The zero-order chi connectivity index (χ0) is 16.5. The van der Waals surface area contributed by atoms with Gasteiger partial charge in [0.25, 0.3) is 0 Å². The molecule has 1 unspecified atom stereocenters. The molecule has 22 heavy (non-hydrogen) atoms. The fourth-order valence-electron chi connectivity index (χ4n) is 3.53. The maximum Gasteiger partial charge on any atom is 0.222 e. The molecule has 0 saturated carbocycles. The molecule has 2 saturated heterocycles. The van der Waals surface area contributed by atoms with E-state index in [1.54, 1.807) is 0 Å². The molecule has 0 N–H and O–H groups in total. The molecule has 0 aromatic rings. The van der Waals surface area contributed by atoms with Crippen molar-refractivity contribution in [1.82, 2.24) is 14.7 Å². The first-order chi connectivity index (χ1) is 10.6. The predicted octanol–water partition coefficient (Wildman–Crippen LogP) is 2.69. The summed E-state index contributed by atoms with van der Waals surface area (Å²) in [6, 6.07) is 0.517. The van der Waals surface area contributed by atoms with Crippen LogP contribution < -0.4 is 0 Å². The maximum absolute atomic E-state index is 11.8. The summed E-state index contributed by atoms with van der Waals surface area (Å²) in [5.74, 6) is 1.17. The number of hydrogen-bond acceptors (Lipinski definition) is 3. The van der Waals surface area contributed by atoms with Gasteiger partial charge in [0.1, 0.15) is 0 Å². The van der Waals surface area contributed by atoms with E-state index in [2.05, 4.69) is 23.6 Å². The molecule has 4 heteroatoms. The van der Waals surface area contributed by atoms with Crippen LogP contribution in [0.15, 0.2) is 0 Å². The summed E-state index contributed by atoms with van der Waals surface area (Å²) in [6.07, 6.45) is 3.32. The third-order valence-electron chi connectivity index (χ3n) is 5.07. The Balaban J connectivity index is 0.00000116. The zero-order valence-electron chi connectivity index (χ0n) is 15.5. The van der Waals surface area contributed by atoms with E-state index in [0.29, 0.717) is 18.4 Å². The minimum absolute atomic E-state index is 0.313. The molecular formula is C18H37N3O. The van der Waals surface area contributed by atoms with Gasteiger partial charge in [-0.05, 0) is 45.3 Å². The van der Waals surface area contributed by atoms with Crippen molar-refractivity contribution in [3.63, 3.8) is 0 Å². The first-order valence-electron chi connectivity index (χ1n) is 9.38. The summed E-state index contributed by atoms with van der Waals surface area (Å²) in [5, 5.41) is 0. The summed E-state index contributed by atoms with van der Waals surface area (Å²) in [4.78, 5) is 19.0. The highest BCUT2D eigenvalue weighted by molar-refractivity contribution is 5.75. The molecule has 4 nitrogen and oxygen atoms in total. The first kappa shape index (κ1) is 19.4. The molecular weight excluding hydrogens is 274 g/mol. The van der Waals surface area contributed by atoms with E-state index in [-0.39, 0.29) is 0 Å². The maximum atomic E-state index is 11.8. The van der Waals surface area contributed by atoms with Crippen LogP contribution in [0.3, 0.4) is 0 Å². The molecule has 2 fully saturated rings. The highest BCUT2D eigenvalue weighted by Crippen LogP contribution is 2.21. The third kappa shape index (κ3) is 5.54. The first-order valence-corrected chi connectivity index (χ1v) is 9.38. The topological polar surface area (TPSA) is 26.8 Å². The summed E-state index contributed by atoms with van der Waals surface area (Å²) < 4.78 is 0. The van der Waals surface area contributed by atoms with E-state index in [1.807, 2.05) is 25.7 Å². The van der Waals surface area contributed by atoms with Crippen LogP contribution in [0, 0.1) is 5.92 Å². The number of piperidine rings is 1. The van der Waals surface area contributed by atoms with Crippen LogP contribution in [0.25, 0.3) is 0 Å². The summed E-state index contributed by atoms with van der Waals surface area (Å²) in [6.45, 7) is 18.3. The largest absolute Gasteiger partial charge is 0.340 e. The van der Waals surface area contributed by atoms with Gasteiger partial charge in [-0.1, -0.05) is 27.7 Å². The standard InChI is InChI=1S/C16H31N3O.C2H6/c1-4-16(20)19-11-10-18(14(3)12-19)13-15-6-8-17(5-2)9-7-15;1-2/h14-15H,4-13H2,1-3H3;1-2H3. The van der Waals surface area contributed by atoms with Gasteiger partial charge >= 0.3 is 0 Å². The van der Waals surface area contributed by atoms with Gasteiger partial charge in [0.2, 0.25) is 5.91 Å².